The van der Waals surface area contributed by atoms with Crippen molar-refractivity contribution in [3.63, 3.8) is 0 Å². The van der Waals surface area contributed by atoms with Gasteiger partial charge in [-0.05, 0) is 32.4 Å². The lowest BCUT2D eigenvalue weighted by Crippen LogP contribution is -2.12. The Hall–Kier alpha value is -1.05. The van der Waals surface area contributed by atoms with E-state index in [1.54, 1.807) is 26.8 Å². The molecule has 98 valence electrons. The Bertz CT molecular complexity index is 649. The highest BCUT2D eigenvalue weighted by molar-refractivity contribution is 7.94. The topological polar surface area (TPSA) is 74.8 Å². The van der Waals surface area contributed by atoms with Gasteiger partial charge in [0.25, 0.3) is 10.0 Å². The molecule has 0 amide bonds. The third kappa shape index (κ3) is 2.38. The van der Waals surface area contributed by atoms with E-state index in [0.717, 1.165) is 16.9 Å². The summed E-state index contributed by atoms with van der Waals surface area (Å²) >= 11 is 6.93. The van der Waals surface area contributed by atoms with Crippen LogP contribution in [0.15, 0.2) is 10.3 Å². The first kappa shape index (κ1) is 13.4. The summed E-state index contributed by atoms with van der Waals surface area (Å²) in [4.78, 5) is 0. The number of nitrogens with zero attached hydrogens (tertiary/aromatic N) is 1. The maximum Gasteiger partial charge on any atom is 0.271 e. The second-order valence-corrected chi connectivity index (χ2v) is 7.50. The molecule has 2 N–H and O–H groups in total. The van der Waals surface area contributed by atoms with Crippen molar-refractivity contribution in [2.75, 3.05) is 4.72 Å². The molecule has 2 rings (SSSR count). The van der Waals surface area contributed by atoms with Crippen molar-refractivity contribution >= 4 is 38.6 Å². The minimum atomic E-state index is -3.61. The fourth-order valence-corrected chi connectivity index (χ4v) is 4.34. The molecule has 0 spiro atoms. The molecule has 0 bridgehead atoms. The van der Waals surface area contributed by atoms with E-state index in [9.17, 15) is 8.42 Å². The number of halogens is 1. The van der Waals surface area contributed by atoms with Crippen LogP contribution < -0.4 is 4.72 Å². The highest BCUT2D eigenvalue weighted by atomic mass is 35.5. The van der Waals surface area contributed by atoms with Crippen molar-refractivity contribution < 1.29 is 8.42 Å². The standard InChI is InChI=1S/C10H12ClN3O2S2/c1-5-4-8(17-10(5)11)18(15,16)14-9-6(2)12-13-7(9)3/h4,14H,1-3H3,(H,12,13). The Morgan fingerprint density at radius 3 is 2.50 bits per heavy atom. The summed E-state index contributed by atoms with van der Waals surface area (Å²) in [5.74, 6) is 0. The number of aromatic amines is 1. The van der Waals surface area contributed by atoms with Crippen LogP contribution >= 0.6 is 22.9 Å². The van der Waals surface area contributed by atoms with E-state index in [2.05, 4.69) is 14.9 Å². The van der Waals surface area contributed by atoms with E-state index in [4.69, 9.17) is 11.6 Å². The number of hydrogen-bond donors (Lipinski definition) is 2. The number of anilines is 1. The van der Waals surface area contributed by atoms with Crippen molar-refractivity contribution in [3.05, 3.63) is 27.4 Å². The van der Waals surface area contributed by atoms with Gasteiger partial charge in [-0.25, -0.2) is 8.42 Å². The molecule has 2 heterocycles. The molecule has 0 aliphatic rings. The number of rotatable bonds is 3. The summed E-state index contributed by atoms with van der Waals surface area (Å²) in [6.45, 7) is 5.25. The van der Waals surface area contributed by atoms with Gasteiger partial charge < -0.3 is 0 Å². The Labute approximate surface area is 114 Å². The Kier molecular flexibility index (Phi) is 3.39. The van der Waals surface area contributed by atoms with Gasteiger partial charge in [-0.2, -0.15) is 5.10 Å². The predicted octanol–water partition coefficient (Wildman–Crippen LogP) is 2.85. The third-order valence-corrected chi connectivity index (χ3v) is 5.84. The molecule has 0 aliphatic carbocycles. The molecule has 0 radical (unpaired) electrons. The van der Waals surface area contributed by atoms with Crippen LogP contribution in [0.1, 0.15) is 17.0 Å². The van der Waals surface area contributed by atoms with Crippen molar-refractivity contribution in [2.24, 2.45) is 0 Å². The van der Waals surface area contributed by atoms with Gasteiger partial charge in [0.1, 0.15) is 4.21 Å². The summed E-state index contributed by atoms with van der Waals surface area (Å²) in [6.07, 6.45) is 0. The Morgan fingerprint density at radius 1 is 1.39 bits per heavy atom. The largest absolute Gasteiger partial charge is 0.280 e. The monoisotopic (exact) mass is 305 g/mol. The van der Waals surface area contributed by atoms with Gasteiger partial charge in [0.15, 0.2) is 0 Å². The quantitative estimate of drug-likeness (QED) is 0.915. The molecular formula is C10H12ClN3O2S2. The number of sulfonamides is 1. The lowest BCUT2D eigenvalue weighted by atomic mass is 10.3. The molecule has 0 saturated carbocycles. The molecule has 0 fully saturated rings. The lowest BCUT2D eigenvalue weighted by Gasteiger charge is -2.05. The number of thiophene rings is 1. The van der Waals surface area contributed by atoms with Gasteiger partial charge in [-0.15, -0.1) is 11.3 Å². The van der Waals surface area contributed by atoms with Gasteiger partial charge in [-0.1, -0.05) is 11.6 Å². The van der Waals surface area contributed by atoms with E-state index in [1.807, 2.05) is 0 Å². The summed E-state index contributed by atoms with van der Waals surface area (Å²) in [5.41, 5.74) is 2.52. The Morgan fingerprint density at radius 2 is 2.06 bits per heavy atom. The highest BCUT2D eigenvalue weighted by Crippen LogP contribution is 2.31. The zero-order chi connectivity index (χ0) is 13.5. The fraction of sp³-hybridized carbons (Fsp3) is 0.300. The van der Waals surface area contributed by atoms with Gasteiger partial charge >= 0.3 is 0 Å². The maximum absolute atomic E-state index is 12.2. The van der Waals surface area contributed by atoms with Crippen molar-refractivity contribution in [1.29, 1.82) is 0 Å². The smallest absolute Gasteiger partial charge is 0.271 e. The normalized spacial score (nSPS) is 11.8. The van der Waals surface area contributed by atoms with E-state index >= 15 is 0 Å². The molecule has 0 unspecified atom stereocenters. The minimum absolute atomic E-state index is 0.199. The van der Waals surface area contributed by atoms with Crippen LogP contribution in [0.25, 0.3) is 0 Å². The molecule has 0 atom stereocenters. The van der Waals surface area contributed by atoms with Crippen LogP contribution in [-0.2, 0) is 10.0 Å². The predicted molar refractivity (Wildman–Crippen MR) is 72.9 cm³/mol. The average Bonchev–Trinajstić information content (AvgIpc) is 2.77. The van der Waals surface area contributed by atoms with Gasteiger partial charge in [0.2, 0.25) is 0 Å². The summed E-state index contributed by atoms with van der Waals surface area (Å²) in [5, 5.41) is 6.67. The van der Waals surface area contributed by atoms with E-state index in [1.165, 1.54) is 0 Å². The molecule has 18 heavy (non-hydrogen) atoms. The molecule has 8 heteroatoms. The van der Waals surface area contributed by atoms with Crippen LogP contribution in [0, 0.1) is 20.8 Å². The lowest BCUT2D eigenvalue weighted by molar-refractivity contribution is 0.603. The number of aromatic nitrogens is 2. The van der Waals surface area contributed by atoms with Crippen LogP contribution in [0.4, 0.5) is 5.69 Å². The van der Waals surface area contributed by atoms with Crippen LogP contribution in [0.3, 0.4) is 0 Å². The molecule has 0 aromatic carbocycles. The van der Waals surface area contributed by atoms with Gasteiger partial charge in [0, 0.05) is 0 Å². The van der Waals surface area contributed by atoms with E-state index in [-0.39, 0.29) is 4.21 Å². The number of hydrogen-bond acceptors (Lipinski definition) is 4. The van der Waals surface area contributed by atoms with E-state index in [0.29, 0.717) is 21.4 Å². The first-order valence-electron chi connectivity index (χ1n) is 5.11. The van der Waals surface area contributed by atoms with Crippen LogP contribution in [0.2, 0.25) is 4.34 Å². The minimum Gasteiger partial charge on any atom is -0.280 e. The summed E-state index contributed by atoms with van der Waals surface area (Å²) in [7, 11) is -3.61. The maximum atomic E-state index is 12.2. The second-order valence-electron chi connectivity index (χ2n) is 3.94. The molecule has 2 aromatic heterocycles. The SMILES string of the molecule is Cc1cc(S(=O)(=O)Nc2c(C)n[nH]c2C)sc1Cl. The second kappa shape index (κ2) is 4.56. The fourth-order valence-electron chi connectivity index (χ4n) is 1.45. The average molecular weight is 306 g/mol. The molecule has 5 nitrogen and oxygen atoms in total. The third-order valence-electron chi connectivity index (χ3n) is 2.46. The van der Waals surface area contributed by atoms with E-state index < -0.39 is 10.0 Å². The first-order chi connectivity index (χ1) is 8.31. The molecule has 2 aromatic rings. The Balaban J connectivity index is 2.39. The first-order valence-corrected chi connectivity index (χ1v) is 7.79. The number of H-pyrrole nitrogens is 1. The van der Waals surface area contributed by atoms with Crippen molar-refractivity contribution in [1.82, 2.24) is 10.2 Å². The van der Waals surface area contributed by atoms with Crippen molar-refractivity contribution in [3.8, 4) is 0 Å². The van der Waals surface area contributed by atoms with Crippen molar-refractivity contribution in [2.45, 2.75) is 25.0 Å². The van der Waals surface area contributed by atoms with Gasteiger partial charge in [-0.3, -0.25) is 9.82 Å². The summed E-state index contributed by atoms with van der Waals surface area (Å²) < 4.78 is 27.5. The molecular weight excluding hydrogens is 294 g/mol. The van der Waals surface area contributed by atoms with Crippen LogP contribution in [0.5, 0.6) is 0 Å². The molecule has 0 aliphatic heterocycles. The van der Waals surface area contributed by atoms with Gasteiger partial charge in [0.05, 0.1) is 21.4 Å². The number of aryl methyl sites for hydroxylation is 3. The van der Waals surface area contributed by atoms with Crippen LogP contribution in [-0.4, -0.2) is 18.6 Å². The number of nitrogens with one attached hydrogen (secondary N) is 2. The zero-order valence-corrected chi connectivity index (χ0v) is 12.4. The zero-order valence-electron chi connectivity index (χ0n) is 10.0. The molecule has 0 saturated heterocycles. The highest BCUT2D eigenvalue weighted by Gasteiger charge is 2.21. The summed E-state index contributed by atoms with van der Waals surface area (Å²) in [6, 6.07) is 1.56.